The maximum atomic E-state index is 12.6. The van der Waals surface area contributed by atoms with E-state index in [0.717, 1.165) is 11.1 Å². The highest BCUT2D eigenvalue weighted by Gasteiger charge is 2.28. The largest absolute Gasteiger partial charge is 0.465 e. The minimum absolute atomic E-state index is 0.0467. The molecule has 0 radical (unpaired) electrons. The van der Waals surface area contributed by atoms with Crippen molar-refractivity contribution in [3.05, 3.63) is 89.8 Å². The monoisotopic (exact) mass is 386 g/mol. The molecule has 0 spiro atoms. The van der Waals surface area contributed by atoms with Crippen LogP contribution in [0.2, 0.25) is 0 Å². The molecule has 0 bridgehead atoms. The summed E-state index contributed by atoms with van der Waals surface area (Å²) in [5, 5.41) is 9.04. The van der Waals surface area contributed by atoms with E-state index in [-0.39, 0.29) is 11.3 Å². The van der Waals surface area contributed by atoms with Gasteiger partial charge >= 0.3 is 11.9 Å². The van der Waals surface area contributed by atoms with Gasteiger partial charge in [-0.15, -0.1) is 0 Å². The maximum absolute atomic E-state index is 12.6. The van der Waals surface area contributed by atoms with E-state index in [1.165, 1.54) is 20.3 Å². The Kier molecular flexibility index (Phi) is 5.91. The zero-order chi connectivity index (χ0) is 20.8. The molecule has 0 amide bonds. The van der Waals surface area contributed by atoms with E-state index in [2.05, 4.69) is 6.07 Å². The number of nitrogens with zero attached hydrogens (tertiary/aromatic N) is 2. The normalized spacial score (nSPS) is 12.9. The Morgan fingerprint density at radius 1 is 0.931 bits per heavy atom. The molecule has 29 heavy (non-hydrogen) atoms. The first-order valence-electron chi connectivity index (χ1n) is 8.75. The molecule has 0 saturated heterocycles. The Bertz CT molecular complexity index is 1070. The van der Waals surface area contributed by atoms with Crippen molar-refractivity contribution < 1.29 is 19.1 Å². The standard InChI is InChI=1S/C23H18N2O4/c1-28-22(26)19-8-5-6-14-25(21(19)23(27)29-2)20-9-4-3-7-18(20)17-12-10-16(15-24)11-13-17/h3-14H,1-2H3. The number of allylic oxidation sites excluding steroid dienone is 2. The van der Waals surface area contributed by atoms with Crippen LogP contribution in [0.25, 0.3) is 11.1 Å². The van der Waals surface area contributed by atoms with E-state index in [1.54, 1.807) is 35.4 Å². The van der Waals surface area contributed by atoms with Gasteiger partial charge in [-0.1, -0.05) is 36.4 Å². The van der Waals surface area contributed by atoms with Gasteiger partial charge in [0.1, 0.15) is 5.70 Å². The number of nitriles is 1. The van der Waals surface area contributed by atoms with Crippen molar-refractivity contribution in [1.82, 2.24) is 0 Å². The van der Waals surface area contributed by atoms with Crippen molar-refractivity contribution in [2.75, 3.05) is 19.1 Å². The SMILES string of the molecule is COC(=O)C1=C(C(=O)OC)N(c2ccccc2-c2ccc(C#N)cc2)C=CC=C1. The molecule has 144 valence electrons. The molecule has 6 nitrogen and oxygen atoms in total. The molecule has 2 aromatic rings. The van der Waals surface area contributed by atoms with Gasteiger partial charge < -0.3 is 14.4 Å². The number of para-hydroxylation sites is 1. The van der Waals surface area contributed by atoms with Gasteiger partial charge in [0.15, 0.2) is 0 Å². The van der Waals surface area contributed by atoms with Crippen LogP contribution in [-0.4, -0.2) is 26.2 Å². The summed E-state index contributed by atoms with van der Waals surface area (Å²) in [4.78, 5) is 26.6. The van der Waals surface area contributed by atoms with E-state index >= 15 is 0 Å². The van der Waals surface area contributed by atoms with E-state index in [0.29, 0.717) is 11.3 Å². The Morgan fingerprint density at radius 3 is 2.28 bits per heavy atom. The van der Waals surface area contributed by atoms with Crippen molar-refractivity contribution in [2.45, 2.75) is 0 Å². The number of carbonyl (C=O) groups is 2. The van der Waals surface area contributed by atoms with Crippen LogP contribution in [0.1, 0.15) is 5.56 Å². The third-order valence-corrected chi connectivity index (χ3v) is 4.38. The zero-order valence-corrected chi connectivity index (χ0v) is 16.0. The molecule has 0 fully saturated rings. The fourth-order valence-corrected chi connectivity index (χ4v) is 3.00. The van der Waals surface area contributed by atoms with Gasteiger partial charge in [-0.2, -0.15) is 5.26 Å². The van der Waals surface area contributed by atoms with Crippen molar-refractivity contribution in [3.8, 4) is 17.2 Å². The molecule has 0 saturated carbocycles. The van der Waals surface area contributed by atoms with Crippen molar-refractivity contribution in [2.24, 2.45) is 0 Å². The molecule has 3 rings (SSSR count). The molecule has 0 aromatic heterocycles. The quantitative estimate of drug-likeness (QED) is 0.745. The van der Waals surface area contributed by atoms with Gasteiger partial charge in [0.05, 0.1) is 37.1 Å². The minimum atomic E-state index is -0.670. The lowest BCUT2D eigenvalue weighted by molar-refractivity contribution is -0.139. The number of hydrogen-bond donors (Lipinski definition) is 0. The molecular formula is C23H18N2O4. The molecule has 6 heteroatoms. The molecule has 0 N–H and O–H groups in total. The van der Waals surface area contributed by atoms with Crippen LogP contribution in [0.3, 0.4) is 0 Å². The lowest BCUT2D eigenvalue weighted by Crippen LogP contribution is -2.27. The van der Waals surface area contributed by atoms with Crippen molar-refractivity contribution >= 4 is 17.6 Å². The average Bonchev–Trinajstić information content (AvgIpc) is 3.01. The predicted molar refractivity (Wildman–Crippen MR) is 108 cm³/mol. The molecule has 2 aromatic carbocycles. The Hall–Kier alpha value is -4.11. The van der Waals surface area contributed by atoms with E-state index in [4.69, 9.17) is 14.7 Å². The van der Waals surface area contributed by atoms with Gasteiger partial charge in [-0.25, -0.2) is 9.59 Å². The number of anilines is 1. The number of hydrogen-bond acceptors (Lipinski definition) is 6. The van der Waals surface area contributed by atoms with Gasteiger partial charge in [-0.3, -0.25) is 0 Å². The summed E-state index contributed by atoms with van der Waals surface area (Å²) >= 11 is 0. The number of esters is 2. The highest BCUT2D eigenvalue weighted by molar-refractivity contribution is 6.06. The first kappa shape index (κ1) is 19.6. The Morgan fingerprint density at radius 2 is 1.62 bits per heavy atom. The molecule has 0 atom stereocenters. The summed E-state index contributed by atoms with van der Waals surface area (Å²) in [5.41, 5.74) is 3.01. The van der Waals surface area contributed by atoms with Gasteiger partial charge in [0, 0.05) is 11.8 Å². The highest BCUT2D eigenvalue weighted by Crippen LogP contribution is 2.35. The van der Waals surface area contributed by atoms with Crippen LogP contribution < -0.4 is 4.90 Å². The van der Waals surface area contributed by atoms with E-state index in [9.17, 15) is 9.59 Å². The molecule has 1 heterocycles. The smallest absolute Gasteiger partial charge is 0.355 e. The Balaban J connectivity index is 2.21. The molecular weight excluding hydrogens is 368 g/mol. The van der Waals surface area contributed by atoms with Crippen LogP contribution in [0.5, 0.6) is 0 Å². The third kappa shape index (κ3) is 3.94. The number of rotatable bonds is 4. The number of methoxy groups -OCH3 is 2. The highest BCUT2D eigenvalue weighted by atomic mass is 16.5. The van der Waals surface area contributed by atoms with Crippen LogP contribution >= 0.6 is 0 Å². The second kappa shape index (κ2) is 8.72. The number of benzene rings is 2. The summed E-state index contributed by atoms with van der Waals surface area (Å²) < 4.78 is 9.80. The third-order valence-electron chi connectivity index (χ3n) is 4.38. The molecule has 1 aliphatic heterocycles. The second-order valence-corrected chi connectivity index (χ2v) is 6.02. The summed E-state index contributed by atoms with van der Waals surface area (Å²) in [6.45, 7) is 0. The summed E-state index contributed by atoms with van der Waals surface area (Å²) in [5.74, 6) is -1.32. The summed E-state index contributed by atoms with van der Waals surface area (Å²) in [6, 6.07) is 16.7. The van der Waals surface area contributed by atoms with Crippen LogP contribution in [0.4, 0.5) is 5.69 Å². The number of carbonyl (C=O) groups excluding carboxylic acids is 2. The molecule has 0 unspecified atom stereocenters. The van der Waals surface area contributed by atoms with Crippen LogP contribution in [-0.2, 0) is 19.1 Å². The maximum Gasteiger partial charge on any atom is 0.355 e. The minimum Gasteiger partial charge on any atom is -0.465 e. The van der Waals surface area contributed by atoms with Gasteiger partial charge in [-0.05, 0) is 35.9 Å². The van der Waals surface area contributed by atoms with E-state index < -0.39 is 11.9 Å². The van der Waals surface area contributed by atoms with Crippen LogP contribution in [0, 0.1) is 11.3 Å². The van der Waals surface area contributed by atoms with Crippen LogP contribution in [0.15, 0.2) is 84.2 Å². The van der Waals surface area contributed by atoms with Crippen molar-refractivity contribution in [3.63, 3.8) is 0 Å². The Labute approximate surface area is 168 Å². The van der Waals surface area contributed by atoms with Gasteiger partial charge in [0.25, 0.3) is 0 Å². The van der Waals surface area contributed by atoms with Gasteiger partial charge in [0.2, 0.25) is 0 Å². The lowest BCUT2D eigenvalue weighted by atomic mass is 10.0. The lowest BCUT2D eigenvalue weighted by Gasteiger charge is -2.25. The molecule has 1 aliphatic rings. The summed E-state index contributed by atoms with van der Waals surface area (Å²) in [7, 11) is 2.51. The van der Waals surface area contributed by atoms with E-state index in [1.807, 2.05) is 36.4 Å². The zero-order valence-electron chi connectivity index (χ0n) is 16.0. The first-order valence-corrected chi connectivity index (χ1v) is 8.75. The van der Waals surface area contributed by atoms with Crippen molar-refractivity contribution in [1.29, 1.82) is 5.26 Å². The molecule has 0 aliphatic carbocycles. The average molecular weight is 386 g/mol. The first-order chi connectivity index (χ1) is 14.1. The fraction of sp³-hybridized carbons (Fsp3) is 0.0870. The summed E-state index contributed by atoms with van der Waals surface area (Å²) in [6.07, 6.45) is 6.56. The second-order valence-electron chi connectivity index (χ2n) is 6.02. The predicted octanol–water partition coefficient (Wildman–Crippen LogP) is 3.72. The topological polar surface area (TPSA) is 79.6 Å². The fourth-order valence-electron chi connectivity index (χ4n) is 3.00. The number of ether oxygens (including phenoxy) is 2.